The minimum atomic E-state index is -1.06. The van der Waals surface area contributed by atoms with Gasteiger partial charge < -0.3 is 19.9 Å². The van der Waals surface area contributed by atoms with Gasteiger partial charge >= 0.3 is 5.97 Å². The molecule has 6 heteroatoms. The lowest BCUT2D eigenvalue weighted by Gasteiger charge is -2.13. The van der Waals surface area contributed by atoms with Gasteiger partial charge in [-0.25, -0.2) is 4.79 Å². The van der Waals surface area contributed by atoms with E-state index in [9.17, 15) is 9.59 Å². The molecule has 0 saturated heterocycles. The molecule has 0 atom stereocenters. The highest BCUT2D eigenvalue weighted by Gasteiger charge is 2.13. The van der Waals surface area contributed by atoms with Crippen LogP contribution in [0.2, 0.25) is 0 Å². The molecule has 0 heterocycles. The van der Waals surface area contributed by atoms with Gasteiger partial charge in [-0.1, -0.05) is 19.1 Å². The summed E-state index contributed by atoms with van der Waals surface area (Å²) in [7, 11) is 0. The minimum absolute atomic E-state index is 0.0882. The molecule has 0 saturated carbocycles. The fourth-order valence-corrected chi connectivity index (χ4v) is 2.35. The number of nitrogens with one attached hydrogen (secondary N) is 1. The second-order valence-corrected chi connectivity index (χ2v) is 5.67. The van der Waals surface area contributed by atoms with Crippen molar-refractivity contribution in [3.63, 3.8) is 0 Å². The van der Waals surface area contributed by atoms with E-state index in [1.165, 1.54) is 12.1 Å². The van der Waals surface area contributed by atoms with Crippen molar-refractivity contribution in [3.05, 3.63) is 53.6 Å². The molecule has 1 amide bonds. The highest BCUT2D eigenvalue weighted by atomic mass is 16.5. The van der Waals surface area contributed by atoms with E-state index >= 15 is 0 Å². The normalized spacial score (nSPS) is 10.2. The first-order valence-electron chi connectivity index (χ1n) is 8.55. The highest BCUT2D eigenvalue weighted by molar-refractivity contribution is 5.96. The fraction of sp³-hybridized carbons (Fsp3) is 0.300. The number of carboxylic acid groups (broad SMARTS) is 1. The number of carbonyl (C=O) groups is 2. The predicted octanol–water partition coefficient (Wildman–Crippen LogP) is 3.75. The molecule has 0 aliphatic carbocycles. The Hall–Kier alpha value is -3.02. The lowest BCUT2D eigenvalue weighted by Crippen LogP contribution is -2.16. The van der Waals surface area contributed by atoms with Crippen LogP contribution < -0.4 is 14.8 Å². The number of aromatic carboxylic acids is 1. The maximum Gasteiger partial charge on any atom is 0.335 e. The Bertz CT molecular complexity index is 755. The van der Waals surface area contributed by atoms with Gasteiger partial charge in [0.05, 0.1) is 30.9 Å². The van der Waals surface area contributed by atoms with Crippen molar-refractivity contribution in [2.45, 2.75) is 26.7 Å². The molecular formula is C20H23NO5. The van der Waals surface area contributed by atoms with E-state index < -0.39 is 5.97 Å². The molecule has 0 spiro atoms. The Morgan fingerprint density at radius 3 is 2.38 bits per heavy atom. The Kier molecular flexibility index (Phi) is 7.02. The van der Waals surface area contributed by atoms with Gasteiger partial charge in [0.15, 0.2) is 0 Å². The number of carboxylic acids is 1. The monoisotopic (exact) mass is 357 g/mol. The summed E-state index contributed by atoms with van der Waals surface area (Å²) in [6.07, 6.45) is 0.969. The maximum absolute atomic E-state index is 12.4. The van der Waals surface area contributed by atoms with E-state index in [1.807, 2.05) is 38.1 Å². The molecule has 2 aromatic carbocycles. The van der Waals surface area contributed by atoms with Crippen molar-refractivity contribution in [2.24, 2.45) is 0 Å². The average Bonchev–Trinajstić information content (AvgIpc) is 2.62. The third-order valence-corrected chi connectivity index (χ3v) is 3.56. The zero-order chi connectivity index (χ0) is 18.9. The molecule has 26 heavy (non-hydrogen) atoms. The highest BCUT2D eigenvalue weighted by Crippen LogP contribution is 2.26. The topological polar surface area (TPSA) is 84.9 Å². The Morgan fingerprint density at radius 2 is 1.77 bits per heavy atom. The SMILES string of the molecule is CCCOc1ccc(C(=O)O)cc1NC(=O)Cc1ccc(OCC)cc1. The summed E-state index contributed by atoms with van der Waals surface area (Å²) in [5, 5.41) is 11.9. The summed E-state index contributed by atoms with van der Waals surface area (Å²) in [5.74, 6) is -0.106. The zero-order valence-electron chi connectivity index (χ0n) is 15.0. The summed E-state index contributed by atoms with van der Waals surface area (Å²) in [4.78, 5) is 23.5. The molecule has 0 bridgehead atoms. The van der Waals surface area contributed by atoms with Gasteiger partial charge in [-0.2, -0.15) is 0 Å². The van der Waals surface area contributed by atoms with Crippen molar-refractivity contribution in [1.29, 1.82) is 0 Å². The molecular weight excluding hydrogens is 334 g/mol. The number of amides is 1. The van der Waals surface area contributed by atoms with Crippen LogP contribution in [0, 0.1) is 0 Å². The van der Waals surface area contributed by atoms with E-state index in [2.05, 4.69) is 5.32 Å². The molecule has 0 aliphatic heterocycles. The average molecular weight is 357 g/mol. The summed E-state index contributed by atoms with van der Waals surface area (Å²) >= 11 is 0. The third-order valence-electron chi connectivity index (χ3n) is 3.56. The molecule has 138 valence electrons. The zero-order valence-corrected chi connectivity index (χ0v) is 15.0. The van der Waals surface area contributed by atoms with Gasteiger partial charge in [-0.3, -0.25) is 4.79 Å². The maximum atomic E-state index is 12.4. The van der Waals surface area contributed by atoms with Crippen molar-refractivity contribution < 1.29 is 24.2 Å². The second kappa shape index (κ2) is 9.46. The van der Waals surface area contributed by atoms with Gasteiger partial charge in [0.25, 0.3) is 0 Å². The van der Waals surface area contributed by atoms with Crippen LogP contribution in [0.25, 0.3) is 0 Å². The molecule has 0 unspecified atom stereocenters. The molecule has 6 nitrogen and oxygen atoms in total. The quantitative estimate of drug-likeness (QED) is 0.714. The van der Waals surface area contributed by atoms with Crippen molar-refractivity contribution in [1.82, 2.24) is 0 Å². The lowest BCUT2D eigenvalue weighted by atomic mass is 10.1. The van der Waals surface area contributed by atoms with Gasteiger partial charge in [-0.05, 0) is 49.2 Å². The summed E-state index contributed by atoms with van der Waals surface area (Å²) in [6, 6.07) is 11.7. The first-order chi connectivity index (χ1) is 12.5. The van der Waals surface area contributed by atoms with Crippen LogP contribution in [-0.4, -0.2) is 30.2 Å². The Morgan fingerprint density at radius 1 is 1.04 bits per heavy atom. The smallest absolute Gasteiger partial charge is 0.335 e. The van der Waals surface area contributed by atoms with Crippen LogP contribution in [0.15, 0.2) is 42.5 Å². The third kappa shape index (κ3) is 5.51. The first kappa shape index (κ1) is 19.3. The first-order valence-corrected chi connectivity index (χ1v) is 8.55. The van der Waals surface area contributed by atoms with Gasteiger partial charge in [-0.15, -0.1) is 0 Å². The largest absolute Gasteiger partial charge is 0.494 e. The van der Waals surface area contributed by atoms with Crippen molar-refractivity contribution >= 4 is 17.6 Å². The van der Waals surface area contributed by atoms with Crippen molar-refractivity contribution in [2.75, 3.05) is 18.5 Å². The number of carbonyl (C=O) groups excluding carboxylic acids is 1. The molecule has 0 fully saturated rings. The fourth-order valence-electron chi connectivity index (χ4n) is 2.35. The van der Waals surface area contributed by atoms with E-state index in [-0.39, 0.29) is 17.9 Å². The molecule has 0 aromatic heterocycles. The van der Waals surface area contributed by atoms with Crippen LogP contribution in [0.3, 0.4) is 0 Å². The van der Waals surface area contributed by atoms with E-state index in [4.69, 9.17) is 14.6 Å². The molecule has 2 aromatic rings. The summed E-state index contributed by atoms with van der Waals surface area (Å²) in [5.41, 5.74) is 1.27. The molecule has 0 radical (unpaired) electrons. The molecule has 0 aliphatic rings. The van der Waals surface area contributed by atoms with E-state index in [0.29, 0.717) is 24.7 Å². The van der Waals surface area contributed by atoms with E-state index in [1.54, 1.807) is 6.07 Å². The lowest BCUT2D eigenvalue weighted by molar-refractivity contribution is -0.115. The molecule has 2 rings (SSSR count). The van der Waals surface area contributed by atoms with Gasteiger partial charge in [0, 0.05) is 0 Å². The second-order valence-electron chi connectivity index (χ2n) is 5.67. The Labute approximate surface area is 152 Å². The molecule has 2 N–H and O–H groups in total. The number of hydrogen-bond donors (Lipinski definition) is 2. The van der Waals surface area contributed by atoms with Crippen molar-refractivity contribution in [3.8, 4) is 11.5 Å². The van der Waals surface area contributed by atoms with Crippen LogP contribution in [-0.2, 0) is 11.2 Å². The van der Waals surface area contributed by atoms with Gasteiger partial charge in [0.2, 0.25) is 5.91 Å². The van der Waals surface area contributed by atoms with Crippen LogP contribution in [0.5, 0.6) is 11.5 Å². The van der Waals surface area contributed by atoms with Crippen LogP contribution >= 0.6 is 0 Å². The number of ether oxygens (including phenoxy) is 2. The Balaban J connectivity index is 2.10. The number of anilines is 1. The van der Waals surface area contributed by atoms with Crippen LogP contribution in [0.1, 0.15) is 36.2 Å². The van der Waals surface area contributed by atoms with Crippen LogP contribution in [0.4, 0.5) is 5.69 Å². The predicted molar refractivity (Wildman–Crippen MR) is 99.1 cm³/mol. The van der Waals surface area contributed by atoms with Gasteiger partial charge in [0.1, 0.15) is 11.5 Å². The minimum Gasteiger partial charge on any atom is -0.494 e. The summed E-state index contributed by atoms with van der Waals surface area (Å²) < 4.78 is 11.0. The number of hydrogen-bond acceptors (Lipinski definition) is 4. The number of rotatable bonds is 9. The number of benzene rings is 2. The standard InChI is InChI=1S/C20H23NO5/c1-3-11-26-18-10-7-15(20(23)24)13-17(18)21-19(22)12-14-5-8-16(9-6-14)25-4-2/h5-10,13H,3-4,11-12H2,1-2H3,(H,21,22)(H,23,24). The van der Waals surface area contributed by atoms with E-state index in [0.717, 1.165) is 17.7 Å². The summed E-state index contributed by atoms with van der Waals surface area (Å²) in [6.45, 7) is 4.94.